The van der Waals surface area contributed by atoms with Crippen LogP contribution in [0.25, 0.3) is 0 Å². The minimum Gasteiger partial charge on any atom is -0.460 e. The van der Waals surface area contributed by atoms with Gasteiger partial charge in [-0.15, -0.1) is 0 Å². The number of hydrogen-bond acceptors (Lipinski definition) is 4. The van der Waals surface area contributed by atoms with Crippen LogP contribution < -0.4 is 5.73 Å². The summed E-state index contributed by atoms with van der Waals surface area (Å²) >= 11 is 0. The molecular weight excluding hydrogens is 240 g/mol. The molecule has 6 heteroatoms. The summed E-state index contributed by atoms with van der Waals surface area (Å²) in [4.78, 5) is 5.31. The average molecular weight is 253 g/mol. The highest BCUT2D eigenvalue weighted by Crippen LogP contribution is 2.13. The van der Waals surface area contributed by atoms with Gasteiger partial charge in [-0.25, -0.2) is 8.78 Å². The molecule has 96 valence electrons. The van der Waals surface area contributed by atoms with E-state index in [0.717, 1.165) is 5.56 Å². The van der Waals surface area contributed by atoms with E-state index in [1.54, 1.807) is 19.2 Å². The minimum atomic E-state index is -0.480. The van der Waals surface area contributed by atoms with Gasteiger partial charge in [0.2, 0.25) is 0 Å². The summed E-state index contributed by atoms with van der Waals surface area (Å²) in [7, 11) is 1.65. The van der Waals surface area contributed by atoms with Crippen LogP contribution in [0, 0.1) is 5.82 Å². The molecule has 1 aliphatic heterocycles. The van der Waals surface area contributed by atoms with E-state index in [0.29, 0.717) is 0 Å². The molecule has 0 fully saturated rings. The number of amidine groups is 1. The molecule has 0 aliphatic carbocycles. The number of halogens is 2. The number of hydrogen-bond donors (Lipinski definition) is 1. The van der Waals surface area contributed by atoms with Crippen molar-refractivity contribution in [2.24, 2.45) is 10.7 Å². The van der Waals surface area contributed by atoms with Gasteiger partial charge in [-0.1, -0.05) is 12.1 Å². The fraction of sp³-hybridized carbons (Fsp3) is 0.250. The van der Waals surface area contributed by atoms with Crippen molar-refractivity contribution in [3.05, 3.63) is 47.3 Å². The molecule has 0 bridgehead atoms. The van der Waals surface area contributed by atoms with Gasteiger partial charge in [-0.3, -0.25) is 0 Å². The largest absolute Gasteiger partial charge is 0.460 e. The summed E-state index contributed by atoms with van der Waals surface area (Å²) in [5, 5.41) is 0. The van der Waals surface area contributed by atoms with Crippen molar-refractivity contribution in [3.63, 3.8) is 0 Å². The summed E-state index contributed by atoms with van der Waals surface area (Å²) in [6.45, 7) is 0.256. The first-order valence-corrected chi connectivity index (χ1v) is 5.37. The first kappa shape index (κ1) is 12.3. The number of benzene rings is 1. The topological polar surface area (TPSA) is 50.8 Å². The average Bonchev–Trinajstić information content (AvgIpc) is 2.34. The van der Waals surface area contributed by atoms with E-state index < -0.39 is 5.83 Å². The zero-order valence-electron chi connectivity index (χ0n) is 9.86. The molecule has 0 unspecified atom stereocenters. The first-order valence-electron chi connectivity index (χ1n) is 5.37. The molecule has 0 amide bonds. The molecule has 1 aliphatic rings. The second-order valence-corrected chi connectivity index (χ2v) is 3.96. The van der Waals surface area contributed by atoms with Crippen molar-refractivity contribution in [2.45, 2.75) is 6.61 Å². The Bertz CT molecular complexity index is 497. The summed E-state index contributed by atoms with van der Waals surface area (Å²) < 4.78 is 31.2. The quantitative estimate of drug-likeness (QED) is 0.873. The van der Waals surface area contributed by atoms with Gasteiger partial charge < -0.3 is 15.4 Å². The lowest BCUT2D eigenvalue weighted by molar-refractivity contribution is 0.230. The third kappa shape index (κ3) is 2.77. The van der Waals surface area contributed by atoms with Gasteiger partial charge in [-0.05, 0) is 17.7 Å². The first-order chi connectivity index (χ1) is 8.56. The molecule has 2 rings (SSSR count). The molecule has 0 spiro atoms. The van der Waals surface area contributed by atoms with Gasteiger partial charge in [0.25, 0.3) is 6.02 Å². The Morgan fingerprint density at radius 2 is 2.00 bits per heavy atom. The molecule has 1 aromatic carbocycles. The zero-order chi connectivity index (χ0) is 13.1. The Morgan fingerprint density at radius 3 is 2.67 bits per heavy atom. The SMILES string of the molecule is CN1CC(F)=C(N)N=C1OCc1ccc(F)cc1. The molecule has 4 nitrogen and oxygen atoms in total. The van der Waals surface area contributed by atoms with Crippen LogP contribution in [0.15, 0.2) is 40.9 Å². The highest BCUT2D eigenvalue weighted by Gasteiger charge is 2.18. The Morgan fingerprint density at radius 1 is 1.33 bits per heavy atom. The zero-order valence-corrected chi connectivity index (χ0v) is 9.86. The van der Waals surface area contributed by atoms with Gasteiger partial charge in [-0.2, -0.15) is 4.99 Å². The number of likely N-dealkylation sites (N-methyl/N-ethyl adjacent to an activating group) is 1. The van der Waals surface area contributed by atoms with Crippen LogP contribution in [0.2, 0.25) is 0 Å². The molecule has 0 atom stereocenters. The smallest absolute Gasteiger partial charge is 0.294 e. The van der Waals surface area contributed by atoms with Crippen molar-refractivity contribution in [3.8, 4) is 0 Å². The molecule has 0 aromatic heterocycles. The monoisotopic (exact) mass is 253 g/mol. The van der Waals surface area contributed by atoms with Gasteiger partial charge >= 0.3 is 0 Å². The number of rotatable bonds is 2. The van der Waals surface area contributed by atoms with E-state index in [1.807, 2.05) is 0 Å². The van der Waals surface area contributed by atoms with Crippen LogP contribution in [0.4, 0.5) is 8.78 Å². The lowest BCUT2D eigenvalue weighted by atomic mass is 10.2. The highest BCUT2D eigenvalue weighted by atomic mass is 19.1. The van der Waals surface area contributed by atoms with Crippen molar-refractivity contribution < 1.29 is 13.5 Å². The van der Waals surface area contributed by atoms with E-state index in [9.17, 15) is 8.78 Å². The molecule has 0 saturated carbocycles. The molecule has 18 heavy (non-hydrogen) atoms. The second-order valence-electron chi connectivity index (χ2n) is 3.96. The Kier molecular flexibility index (Phi) is 3.45. The fourth-order valence-electron chi connectivity index (χ4n) is 1.48. The van der Waals surface area contributed by atoms with Crippen LogP contribution >= 0.6 is 0 Å². The number of aliphatic imine (C=N–C) groups is 1. The van der Waals surface area contributed by atoms with Gasteiger partial charge in [0.05, 0.1) is 6.54 Å². The summed E-state index contributed by atoms with van der Waals surface area (Å²) in [5.74, 6) is -0.950. The van der Waals surface area contributed by atoms with E-state index in [1.165, 1.54) is 17.0 Å². The minimum absolute atomic E-state index is 0.0358. The van der Waals surface area contributed by atoms with E-state index in [-0.39, 0.29) is 30.8 Å². The summed E-state index contributed by atoms with van der Waals surface area (Å²) in [6, 6.07) is 6.16. The maximum atomic E-state index is 13.1. The normalized spacial score (nSPS) is 15.7. The summed E-state index contributed by atoms with van der Waals surface area (Å²) in [6.07, 6.45) is 0. The molecule has 0 radical (unpaired) electrons. The Labute approximate surface area is 103 Å². The molecule has 2 N–H and O–H groups in total. The van der Waals surface area contributed by atoms with Crippen LogP contribution in [0.1, 0.15) is 5.56 Å². The van der Waals surface area contributed by atoms with Gasteiger partial charge in [0, 0.05) is 7.05 Å². The lowest BCUT2D eigenvalue weighted by Gasteiger charge is -2.23. The van der Waals surface area contributed by atoms with E-state index in [2.05, 4.69) is 4.99 Å². The van der Waals surface area contributed by atoms with E-state index >= 15 is 0 Å². The van der Waals surface area contributed by atoms with Crippen LogP contribution in [0.3, 0.4) is 0 Å². The van der Waals surface area contributed by atoms with Crippen molar-refractivity contribution in [1.29, 1.82) is 0 Å². The second kappa shape index (κ2) is 5.03. The number of ether oxygens (including phenoxy) is 1. The predicted molar refractivity (Wildman–Crippen MR) is 63.6 cm³/mol. The molecular formula is C12H13F2N3O. The van der Waals surface area contributed by atoms with E-state index in [4.69, 9.17) is 10.5 Å². The van der Waals surface area contributed by atoms with Crippen LogP contribution in [-0.4, -0.2) is 24.5 Å². The van der Waals surface area contributed by atoms with Crippen LogP contribution in [0.5, 0.6) is 0 Å². The lowest BCUT2D eigenvalue weighted by Crippen LogP contribution is -2.34. The Hall–Kier alpha value is -2.11. The molecule has 1 aromatic rings. The predicted octanol–water partition coefficient (Wildman–Crippen LogP) is 1.74. The van der Waals surface area contributed by atoms with Gasteiger partial charge in [0.15, 0.2) is 11.6 Å². The Balaban J connectivity index is 2.02. The van der Waals surface area contributed by atoms with Gasteiger partial charge in [0.1, 0.15) is 12.4 Å². The standard InChI is InChI=1S/C12H13F2N3O/c1-17-6-10(14)11(15)16-12(17)18-7-8-2-4-9(13)5-3-8/h2-5H,6-7,15H2,1H3. The van der Waals surface area contributed by atoms with Crippen molar-refractivity contribution >= 4 is 6.02 Å². The maximum absolute atomic E-state index is 13.1. The number of nitrogens with zero attached hydrogens (tertiary/aromatic N) is 2. The third-order valence-electron chi connectivity index (χ3n) is 2.48. The molecule has 0 saturated heterocycles. The number of nitrogens with two attached hydrogens (primary N) is 1. The summed E-state index contributed by atoms with van der Waals surface area (Å²) in [5.41, 5.74) is 6.17. The van der Waals surface area contributed by atoms with Crippen molar-refractivity contribution in [1.82, 2.24) is 4.90 Å². The third-order valence-corrected chi connectivity index (χ3v) is 2.48. The maximum Gasteiger partial charge on any atom is 0.294 e. The van der Waals surface area contributed by atoms with Crippen LogP contribution in [-0.2, 0) is 11.3 Å². The van der Waals surface area contributed by atoms with Crippen molar-refractivity contribution in [2.75, 3.05) is 13.6 Å². The fourth-order valence-corrected chi connectivity index (χ4v) is 1.48. The highest BCUT2D eigenvalue weighted by molar-refractivity contribution is 5.76. The molecule has 1 heterocycles.